The van der Waals surface area contributed by atoms with Crippen molar-refractivity contribution in [1.29, 1.82) is 0 Å². The fraction of sp³-hybridized carbons (Fsp3) is 0.329. The zero-order valence-electron chi connectivity index (χ0n) is 56.8. The number of H-pyrrole nitrogens is 1. The molecule has 4 N–H and O–H groups in total. The van der Waals surface area contributed by atoms with Crippen LogP contribution in [0.25, 0.3) is 33.5 Å². The molecular formula is C76H86N18O6. The predicted octanol–water partition coefficient (Wildman–Crippen LogP) is 6.33. The maximum Gasteiger partial charge on any atom is 0.333 e. The minimum absolute atomic E-state index is 0.265. The molecule has 0 bridgehead atoms. The van der Waals surface area contributed by atoms with Gasteiger partial charge in [0.15, 0.2) is 33.5 Å². The van der Waals surface area contributed by atoms with E-state index >= 15 is 0 Å². The predicted molar refractivity (Wildman–Crippen MR) is 395 cm³/mol. The number of benzene rings is 6. The third-order valence-corrected chi connectivity index (χ3v) is 18.5. The van der Waals surface area contributed by atoms with Gasteiger partial charge in [0.05, 0.1) is 39.3 Å². The highest BCUT2D eigenvalue weighted by atomic mass is 16.2. The van der Waals surface area contributed by atoms with E-state index in [1.165, 1.54) is 9.13 Å². The molecule has 3 aliphatic heterocycles. The molecule has 3 fully saturated rings. The molecule has 0 unspecified atom stereocenters. The van der Waals surface area contributed by atoms with E-state index in [9.17, 15) is 28.8 Å². The van der Waals surface area contributed by atoms with Gasteiger partial charge in [-0.25, -0.2) is 14.4 Å². The molecule has 0 aliphatic carbocycles. The van der Waals surface area contributed by atoms with Crippen LogP contribution in [0, 0.1) is 0 Å². The molecule has 0 radical (unpaired) electrons. The van der Waals surface area contributed by atoms with Crippen LogP contribution in [0.1, 0.15) is 66.5 Å². The van der Waals surface area contributed by atoms with E-state index in [2.05, 4.69) is 59.9 Å². The van der Waals surface area contributed by atoms with Gasteiger partial charge in [-0.15, -0.1) is 0 Å². The Morgan fingerprint density at radius 1 is 0.320 bits per heavy atom. The number of hydrogen-bond donors (Lipinski definition) is 4. The highest BCUT2D eigenvalue weighted by molar-refractivity contribution is 5.77. The molecule has 12 aromatic rings. The van der Waals surface area contributed by atoms with Gasteiger partial charge < -0.3 is 30.7 Å². The summed E-state index contributed by atoms with van der Waals surface area (Å²) >= 11 is 0. The molecule has 9 heterocycles. The second-order valence-electron chi connectivity index (χ2n) is 25.5. The number of imidazole rings is 3. The lowest BCUT2D eigenvalue weighted by atomic mass is 10.2. The fourth-order valence-corrected chi connectivity index (χ4v) is 13.5. The molecular weight excluding hydrogens is 1260 g/mol. The van der Waals surface area contributed by atoms with Gasteiger partial charge in [-0.1, -0.05) is 196 Å². The molecule has 3 saturated heterocycles. The summed E-state index contributed by atoms with van der Waals surface area (Å²) in [5.74, 6) is 2.21. The van der Waals surface area contributed by atoms with E-state index in [1.54, 1.807) is 13.7 Å². The first-order valence-electron chi connectivity index (χ1n) is 34.9. The van der Waals surface area contributed by atoms with Crippen LogP contribution in [0.3, 0.4) is 0 Å². The molecule has 100 heavy (non-hydrogen) atoms. The van der Waals surface area contributed by atoms with E-state index in [-0.39, 0.29) is 22.5 Å². The number of aromatic nitrogens is 12. The minimum atomic E-state index is -0.447. The van der Waals surface area contributed by atoms with Crippen LogP contribution >= 0.6 is 0 Å². The van der Waals surface area contributed by atoms with Crippen molar-refractivity contribution in [3.05, 3.63) is 278 Å². The average Bonchev–Trinajstić information content (AvgIpc) is 1.59. The third-order valence-electron chi connectivity index (χ3n) is 18.5. The number of aromatic amines is 1. The van der Waals surface area contributed by atoms with Gasteiger partial charge in [-0.2, -0.15) is 15.0 Å². The minimum Gasteiger partial charge on any atom is -0.341 e. The molecule has 516 valence electrons. The Morgan fingerprint density at radius 3 is 0.930 bits per heavy atom. The number of nitrogens with zero attached hydrogens (tertiary/aromatic N) is 14. The van der Waals surface area contributed by atoms with Gasteiger partial charge in [0.2, 0.25) is 17.8 Å². The lowest BCUT2D eigenvalue weighted by Crippen LogP contribution is -2.44. The van der Waals surface area contributed by atoms with Gasteiger partial charge in [-0.05, 0) is 59.2 Å². The van der Waals surface area contributed by atoms with Gasteiger partial charge >= 0.3 is 17.1 Å². The quantitative estimate of drug-likeness (QED) is 0.0691. The zero-order valence-corrected chi connectivity index (χ0v) is 56.8. The van der Waals surface area contributed by atoms with E-state index < -0.39 is 11.2 Å². The lowest BCUT2D eigenvalue weighted by Gasteiger charge is -2.28. The Bertz CT molecular complexity index is 5100. The molecule has 0 saturated carbocycles. The number of hydrogen-bond acceptors (Lipinski definition) is 15. The van der Waals surface area contributed by atoms with Crippen LogP contribution in [0.2, 0.25) is 0 Å². The van der Waals surface area contributed by atoms with E-state index in [4.69, 9.17) is 15.0 Å². The van der Waals surface area contributed by atoms with Crippen molar-refractivity contribution in [1.82, 2.24) is 72.4 Å². The summed E-state index contributed by atoms with van der Waals surface area (Å²) in [6, 6.07) is 59.6. The highest BCUT2D eigenvalue weighted by Crippen LogP contribution is 2.27. The second kappa shape index (κ2) is 31.7. The molecule has 0 amide bonds. The zero-order chi connectivity index (χ0) is 68.9. The summed E-state index contributed by atoms with van der Waals surface area (Å²) in [6.45, 7) is 17.3. The van der Waals surface area contributed by atoms with Gasteiger partial charge in [0, 0.05) is 85.1 Å². The normalized spacial score (nSPS) is 14.2. The molecule has 6 aromatic carbocycles. The van der Waals surface area contributed by atoms with Crippen LogP contribution < -0.4 is 64.4 Å². The Balaban J connectivity index is 0.000000135. The summed E-state index contributed by atoms with van der Waals surface area (Å²) < 4.78 is 13.6. The lowest BCUT2D eigenvalue weighted by molar-refractivity contribution is 0.570. The maximum atomic E-state index is 13.8. The number of fused-ring (bicyclic) bond motifs is 3. The molecule has 24 nitrogen and oxygen atoms in total. The first-order chi connectivity index (χ1) is 49.0. The van der Waals surface area contributed by atoms with Crippen LogP contribution in [0.15, 0.2) is 211 Å². The smallest absolute Gasteiger partial charge is 0.333 e. The third kappa shape index (κ3) is 14.9. The summed E-state index contributed by atoms with van der Waals surface area (Å²) in [6.07, 6.45) is 2.39. The fourth-order valence-electron chi connectivity index (χ4n) is 13.5. The monoisotopic (exact) mass is 1350 g/mol. The van der Waals surface area contributed by atoms with E-state index in [1.807, 2.05) is 185 Å². The van der Waals surface area contributed by atoms with Crippen molar-refractivity contribution >= 4 is 51.3 Å². The Labute approximate surface area is 577 Å². The van der Waals surface area contributed by atoms with Crippen LogP contribution in [-0.2, 0) is 52.4 Å². The molecule has 3 aliphatic rings. The number of anilines is 3. The molecule has 0 spiro atoms. The number of piperazine rings is 2. The first kappa shape index (κ1) is 67.6. The molecule has 24 heteroatoms. The van der Waals surface area contributed by atoms with Crippen molar-refractivity contribution in [3.8, 4) is 0 Å². The maximum absolute atomic E-state index is 13.8. The van der Waals surface area contributed by atoms with Gasteiger partial charge in [0.1, 0.15) is 0 Å². The molecule has 15 rings (SSSR count). The van der Waals surface area contributed by atoms with E-state index in [0.29, 0.717) is 98.7 Å². The average molecular weight is 1350 g/mol. The van der Waals surface area contributed by atoms with Crippen molar-refractivity contribution in [2.24, 2.45) is 0 Å². The Morgan fingerprint density at radius 2 is 0.600 bits per heavy atom. The SMILES string of the molecule is CCCn1c(=O)c2c(nc(N3CCCNCC3)n2Cc2ccccc2)n(Cc2ccccc2)c1=O.CCCn1c(=O)c2c(nc(N3CCNCC3)n2Cc2ccccc2)n(Cc2ccccc2)c1=O.O=c1[nH]c(=O)n(Cc2ccccc2)c2nc(N3CCNCC3)n(Cc3ccccc3)c12. The number of rotatable bonds is 19. The summed E-state index contributed by atoms with van der Waals surface area (Å²) in [4.78, 5) is 104. The standard InChI is InChI=1S/C27H32N6O2.C26H30N6O2.C23H24N6O2/c1-2-16-31-25(34)23-24(33(27(31)35)20-22-12-7-4-8-13-22)29-26(30-17-9-14-28-15-18-30)32(23)19-21-10-5-3-6-11-21;1-2-15-30-24(33)22-23(32(26(30)34)19-21-11-7-4-8-12-21)28-25(29-16-13-27-14-17-29)31(22)18-20-9-5-3-6-10-20;30-21-19-20(29(23(31)26-21)16-18-9-5-2-6-10-18)25-22(27-13-11-24-12-14-27)28(19)15-17-7-3-1-4-8-17/h3-8,10-13,28H,2,9,14-20H2,1H3;3-12,27H,2,13-19H2,1H3;1-10,24H,11-16H2,(H,26,30,31). The largest absolute Gasteiger partial charge is 0.341 e. The van der Waals surface area contributed by atoms with Crippen molar-refractivity contribution < 1.29 is 0 Å². The Hall–Kier alpha value is -11.0. The second-order valence-corrected chi connectivity index (χ2v) is 25.5. The van der Waals surface area contributed by atoms with E-state index in [0.717, 1.165) is 136 Å². The summed E-state index contributed by atoms with van der Waals surface area (Å²) in [5, 5.41) is 10.2. The van der Waals surface area contributed by atoms with Crippen molar-refractivity contribution in [3.63, 3.8) is 0 Å². The Kier molecular flexibility index (Phi) is 21.4. The topological polar surface area (TPSA) is 242 Å². The molecule has 0 atom stereocenters. The van der Waals surface area contributed by atoms with Crippen LogP contribution in [0.5, 0.6) is 0 Å². The first-order valence-corrected chi connectivity index (χ1v) is 34.9. The van der Waals surface area contributed by atoms with Gasteiger partial charge in [0.25, 0.3) is 16.7 Å². The highest BCUT2D eigenvalue weighted by Gasteiger charge is 2.29. The van der Waals surface area contributed by atoms with Gasteiger partial charge in [-0.3, -0.25) is 55.9 Å². The molecule has 6 aromatic heterocycles. The van der Waals surface area contributed by atoms with Crippen LogP contribution in [0.4, 0.5) is 17.8 Å². The summed E-state index contributed by atoms with van der Waals surface area (Å²) in [5.41, 5.74) is 6.94. The van der Waals surface area contributed by atoms with Crippen LogP contribution in [-0.4, -0.2) is 135 Å². The number of nitrogens with one attached hydrogen (secondary N) is 4. The summed E-state index contributed by atoms with van der Waals surface area (Å²) in [7, 11) is 0. The van der Waals surface area contributed by atoms with Crippen molar-refractivity contribution in [2.75, 3.05) is 93.2 Å². The van der Waals surface area contributed by atoms with Crippen molar-refractivity contribution in [2.45, 2.75) is 85.5 Å².